The van der Waals surface area contributed by atoms with Crippen LogP contribution in [0.25, 0.3) is 87.6 Å². The van der Waals surface area contributed by atoms with Gasteiger partial charge in [-0.25, -0.2) is 0 Å². The lowest BCUT2D eigenvalue weighted by Crippen LogP contribution is -1.97. The van der Waals surface area contributed by atoms with E-state index >= 15 is 0 Å². The summed E-state index contributed by atoms with van der Waals surface area (Å²) in [7, 11) is 0. The van der Waals surface area contributed by atoms with Gasteiger partial charge in [-0.05, 0) is 101 Å². The van der Waals surface area contributed by atoms with E-state index in [1.807, 2.05) is 0 Å². The maximum Gasteiger partial charge on any atom is 0.135 e. The highest BCUT2D eigenvalue weighted by Crippen LogP contribution is 2.49. The molecule has 9 aromatic carbocycles. The van der Waals surface area contributed by atoms with Crippen LogP contribution in [-0.2, 0) is 0 Å². The molecule has 0 bridgehead atoms. The van der Waals surface area contributed by atoms with Gasteiger partial charge in [-0.15, -0.1) is 0 Å². The lowest BCUT2D eigenvalue weighted by atomic mass is 9.86. The average molecular weight is 597 g/mol. The molecule has 0 radical (unpaired) electrons. The zero-order chi connectivity index (χ0) is 52.1. The van der Waals surface area contributed by atoms with E-state index in [2.05, 4.69) is 0 Å². The van der Waals surface area contributed by atoms with Crippen LogP contribution < -0.4 is 4.74 Å². The smallest absolute Gasteiger partial charge is 0.135 e. The zero-order valence-corrected chi connectivity index (χ0v) is 22.4. The number of rotatable bonds is 3. The summed E-state index contributed by atoms with van der Waals surface area (Å²) in [6.07, 6.45) is 0. The van der Waals surface area contributed by atoms with E-state index in [1.165, 1.54) is 0 Å². The first-order valence-electron chi connectivity index (χ1n) is 26.4. The first kappa shape index (κ1) is 10.3. The van der Waals surface area contributed by atoms with Crippen LogP contribution >= 0.6 is 0 Å². The normalized spacial score (nSPS) is 20.3. The van der Waals surface area contributed by atoms with Gasteiger partial charge in [0.05, 0.1) is 35.6 Å². The van der Waals surface area contributed by atoms with Crippen LogP contribution in [0.4, 0.5) is 0 Å². The fourth-order valence-corrected chi connectivity index (χ4v) is 5.61. The van der Waals surface area contributed by atoms with Crippen LogP contribution in [0.3, 0.4) is 0 Å². The highest BCUT2D eigenvalue weighted by atomic mass is 16.5. The van der Waals surface area contributed by atoms with Crippen molar-refractivity contribution in [2.24, 2.45) is 0 Å². The van der Waals surface area contributed by atoms with Crippen LogP contribution in [0.2, 0.25) is 0 Å². The molecule has 1 aliphatic rings. The minimum absolute atomic E-state index is 0.303. The second kappa shape index (κ2) is 9.29. The van der Waals surface area contributed by atoms with Crippen LogP contribution in [-0.4, -0.2) is 0 Å². The molecule has 0 unspecified atom stereocenters. The SMILES string of the molecule is [2H]c1c([2H])c([2H])c(-c2c([2H])c([2H])c(-c3c([2H])c([2H])c4c([2H])c([2H])c5c([2H])c([2H])c([2H])c6c([2H])c([2H])c3c4c56)c([2H])c2-c2c([2H])c([2H])c3c(c2[2H])-c2c([2H])c([2H])c([2H])c4c([2H])c([2H])c([2H])c(c24)O3)c([2H])c1[2H]. The van der Waals surface area contributed by atoms with Crippen molar-refractivity contribution in [3.8, 4) is 56.0 Å². The lowest BCUT2D eigenvalue weighted by molar-refractivity contribution is 0.487. The van der Waals surface area contributed by atoms with Crippen LogP contribution in [0.5, 0.6) is 11.5 Å². The molecule has 0 saturated heterocycles. The summed E-state index contributed by atoms with van der Waals surface area (Å²) in [5.41, 5.74) is -6.16. The van der Waals surface area contributed by atoms with Crippen molar-refractivity contribution >= 4 is 43.1 Å². The Bertz CT molecular complexity index is 4030. The molecule has 45 heavy (non-hydrogen) atoms. The van der Waals surface area contributed by atoms with E-state index in [-0.39, 0.29) is 16.2 Å². The van der Waals surface area contributed by atoms with Crippen molar-refractivity contribution in [2.45, 2.75) is 0 Å². The van der Waals surface area contributed by atoms with E-state index < -0.39 is 240 Å². The van der Waals surface area contributed by atoms with E-state index in [0.717, 1.165) is 0 Å². The predicted octanol–water partition coefficient (Wildman–Crippen LogP) is 12.5. The number of ether oxygens (including phenoxy) is 1. The summed E-state index contributed by atoms with van der Waals surface area (Å²) in [4.78, 5) is 0. The summed E-state index contributed by atoms with van der Waals surface area (Å²) in [5, 5.41) is -3.38. The molecule has 9 aromatic rings. The molecule has 10 rings (SSSR count). The lowest BCUT2D eigenvalue weighted by Gasteiger charge is -2.22. The van der Waals surface area contributed by atoms with Crippen LogP contribution in [0.1, 0.15) is 35.6 Å². The van der Waals surface area contributed by atoms with Crippen LogP contribution in [0.15, 0.2) is 157 Å². The maximum atomic E-state index is 10.1. The monoisotopic (exact) mass is 596 g/mol. The Morgan fingerprint density at radius 2 is 0.956 bits per heavy atom. The summed E-state index contributed by atoms with van der Waals surface area (Å²) >= 11 is 0. The molecule has 1 aliphatic heterocycles. The van der Waals surface area contributed by atoms with E-state index in [9.17, 15) is 12.3 Å². The molecule has 0 amide bonds. The Balaban J connectivity index is 1.47. The third-order valence-corrected chi connectivity index (χ3v) is 7.57. The topological polar surface area (TPSA) is 9.23 Å². The summed E-state index contributed by atoms with van der Waals surface area (Å²) in [6.45, 7) is 0. The molecule has 208 valence electrons. The third-order valence-electron chi connectivity index (χ3n) is 7.57. The molecule has 0 atom stereocenters. The molecule has 1 heterocycles. The third kappa shape index (κ3) is 3.62. The van der Waals surface area contributed by atoms with Gasteiger partial charge in [0, 0.05) is 10.9 Å². The standard InChI is InChI=1S/C44H26O/c1-2-7-27(8-3-1)34-22-19-32(35-21-17-31-16-15-29-9-4-10-30-18-23-37(35)44(31)42(29)30)25-38(34)33-20-24-40-39(26-33)36-13-5-11-28-12-6-14-41(45-40)43(28)36/h1-26H/i1D,2D,3D,4D,5D,6D,7D,8D,9D,10D,11D,12D,13D,14D,15D,16D,17D,18D,19D,20D,21D,22D,23D,24D,25D,26D. The fraction of sp³-hybridized carbons (Fsp3) is 0. The van der Waals surface area contributed by atoms with Crippen molar-refractivity contribution in [3.63, 3.8) is 0 Å². The summed E-state index contributed by atoms with van der Waals surface area (Å²) < 4.78 is 240. The first-order chi connectivity index (χ1) is 33.2. The largest absolute Gasteiger partial charge is 0.456 e. The van der Waals surface area contributed by atoms with Gasteiger partial charge < -0.3 is 4.74 Å². The first-order valence-corrected chi connectivity index (χ1v) is 13.4. The van der Waals surface area contributed by atoms with Crippen molar-refractivity contribution in [1.29, 1.82) is 0 Å². The molecule has 0 saturated carbocycles. The van der Waals surface area contributed by atoms with Gasteiger partial charge in [0.25, 0.3) is 0 Å². The second-order valence-corrected chi connectivity index (χ2v) is 10.0. The van der Waals surface area contributed by atoms with Gasteiger partial charge in [0.1, 0.15) is 11.5 Å². The number of benzene rings is 9. The molecule has 0 fully saturated rings. The number of hydrogen-bond donors (Lipinski definition) is 0. The Morgan fingerprint density at radius 1 is 0.333 bits per heavy atom. The van der Waals surface area contributed by atoms with Gasteiger partial charge in [-0.2, -0.15) is 0 Å². The Kier molecular flexibility index (Phi) is 2.13. The minimum atomic E-state index is -1.10. The molecule has 0 N–H and O–H groups in total. The Labute approximate surface area is 297 Å². The highest BCUT2D eigenvalue weighted by Gasteiger charge is 2.21. The molecule has 1 heteroatoms. The van der Waals surface area contributed by atoms with Gasteiger partial charge in [-0.3, -0.25) is 0 Å². The minimum Gasteiger partial charge on any atom is -0.456 e. The molecular formula is C44H26O. The van der Waals surface area contributed by atoms with E-state index in [0.29, 0.717) is 0 Å². The van der Waals surface area contributed by atoms with Gasteiger partial charge in [0.2, 0.25) is 0 Å². The molecule has 0 spiro atoms. The quantitative estimate of drug-likeness (QED) is 0.184. The van der Waals surface area contributed by atoms with Gasteiger partial charge in [-0.1, -0.05) is 133 Å². The van der Waals surface area contributed by atoms with Crippen molar-refractivity contribution in [1.82, 2.24) is 0 Å². The van der Waals surface area contributed by atoms with Crippen molar-refractivity contribution < 1.29 is 40.4 Å². The van der Waals surface area contributed by atoms with Gasteiger partial charge in [0.15, 0.2) is 0 Å². The summed E-state index contributed by atoms with van der Waals surface area (Å²) in [5.74, 6) is -1.25. The number of hydrogen-bond acceptors (Lipinski definition) is 1. The van der Waals surface area contributed by atoms with E-state index in [1.54, 1.807) is 0 Å². The molecular weight excluding hydrogens is 544 g/mol. The number of fused-ring (bicyclic) bond motifs is 2. The molecule has 0 aliphatic carbocycles. The highest BCUT2D eigenvalue weighted by molar-refractivity contribution is 6.25. The fourth-order valence-electron chi connectivity index (χ4n) is 5.61. The predicted molar refractivity (Wildman–Crippen MR) is 189 cm³/mol. The Morgan fingerprint density at radius 3 is 1.80 bits per heavy atom. The molecule has 0 aromatic heterocycles. The van der Waals surface area contributed by atoms with Gasteiger partial charge >= 0.3 is 0 Å². The van der Waals surface area contributed by atoms with E-state index in [4.69, 9.17) is 28.0 Å². The Hall–Kier alpha value is -5.92. The van der Waals surface area contributed by atoms with Crippen molar-refractivity contribution in [2.75, 3.05) is 0 Å². The summed E-state index contributed by atoms with van der Waals surface area (Å²) in [6, 6.07) is -22.8. The van der Waals surface area contributed by atoms with Crippen LogP contribution in [0, 0.1) is 0 Å². The van der Waals surface area contributed by atoms with Crippen molar-refractivity contribution in [3.05, 3.63) is 157 Å². The second-order valence-electron chi connectivity index (χ2n) is 10.0. The zero-order valence-electron chi connectivity index (χ0n) is 48.4. The maximum absolute atomic E-state index is 10.1. The molecule has 1 nitrogen and oxygen atoms in total. The average Bonchev–Trinajstić information content (AvgIpc) is 3.33.